The summed E-state index contributed by atoms with van der Waals surface area (Å²) in [6, 6.07) is 69.3. The van der Waals surface area contributed by atoms with Gasteiger partial charge in [0.2, 0.25) is 0 Å². The molecule has 0 fully saturated rings. The van der Waals surface area contributed by atoms with Crippen LogP contribution in [-0.4, -0.2) is 4.57 Å². The molecule has 0 atom stereocenters. The zero-order valence-electron chi connectivity index (χ0n) is 29.0. The fourth-order valence-corrected chi connectivity index (χ4v) is 8.64. The summed E-state index contributed by atoms with van der Waals surface area (Å²) < 4.78 is 2.51. The van der Waals surface area contributed by atoms with Gasteiger partial charge in [0.15, 0.2) is 0 Å². The highest BCUT2D eigenvalue weighted by atomic mass is 15.0. The molecule has 0 saturated carbocycles. The van der Waals surface area contributed by atoms with Gasteiger partial charge in [-0.05, 0) is 102 Å². The van der Waals surface area contributed by atoms with Gasteiger partial charge in [0.1, 0.15) is 0 Å². The molecular formula is C51H37N. The van der Waals surface area contributed by atoms with Crippen molar-refractivity contribution < 1.29 is 0 Å². The van der Waals surface area contributed by atoms with Crippen molar-refractivity contribution in [3.05, 3.63) is 205 Å². The molecule has 10 aromatic rings. The molecule has 1 aromatic heterocycles. The van der Waals surface area contributed by atoms with Crippen molar-refractivity contribution in [2.45, 2.75) is 19.4 Å². The van der Waals surface area contributed by atoms with E-state index in [-0.39, 0.29) is 0 Å². The van der Waals surface area contributed by atoms with Crippen LogP contribution < -0.4 is 0 Å². The SMILES string of the molecule is c1ccc(-c2ccc3cccc(-c4c5ccccc5c(Cc5ccccc5CCn5c6ccccc6c6ccccc65)c5ccccc45)c3c2)cc1. The lowest BCUT2D eigenvalue weighted by atomic mass is 9.84. The van der Waals surface area contributed by atoms with Crippen molar-refractivity contribution in [1.82, 2.24) is 4.57 Å². The molecule has 1 nitrogen and oxygen atoms in total. The Hall–Kier alpha value is -6.44. The normalized spacial score (nSPS) is 11.7. The largest absolute Gasteiger partial charge is 0.340 e. The predicted molar refractivity (Wildman–Crippen MR) is 222 cm³/mol. The van der Waals surface area contributed by atoms with Gasteiger partial charge in [-0.1, -0.05) is 170 Å². The molecule has 10 rings (SSSR count). The average molecular weight is 664 g/mol. The maximum absolute atomic E-state index is 2.51. The molecule has 0 aliphatic carbocycles. The number of para-hydroxylation sites is 2. The first-order valence-electron chi connectivity index (χ1n) is 18.4. The molecule has 246 valence electrons. The van der Waals surface area contributed by atoms with Gasteiger partial charge in [-0.2, -0.15) is 0 Å². The minimum atomic E-state index is 0.873. The average Bonchev–Trinajstić information content (AvgIpc) is 3.54. The van der Waals surface area contributed by atoms with Gasteiger partial charge >= 0.3 is 0 Å². The van der Waals surface area contributed by atoms with Crippen molar-refractivity contribution in [2.75, 3.05) is 0 Å². The second-order valence-corrected chi connectivity index (χ2v) is 13.9. The van der Waals surface area contributed by atoms with Crippen LogP contribution in [-0.2, 0) is 19.4 Å². The number of nitrogens with zero attached hydrogens (tertiary/aromatic N) is 1. The summed E-state index contributed by atoms with van der Waals surface area (Å²) in [5.74, 6) is 0. The third-order valence-corrected chi connectivity index (χ3v) is 11.1. The van der Waals surface area contributed by atoms with Crippen LogP contribution in [0.3, 0.4) is 0 Å². The van der Waals surface area contributed by atoms with Gasteiger partial charge in [0, 0.05) is 28.4 Å². The van der Waals surface area contributed by atoms with Crippen LogP contribution >= 0.6 is 0 Å². The number of benzene rings is 9. The number of aryl methyl sites for hydroxylation is 2. The van der Waals surface area contributed by atoms with Crippen molar-refractivity contribution in [2.24, 2.45) is 0 Å². The van der Waals surface area contributed by atoms with Crippen molar-refractivity contribution >= 4 is 54.1 Å². The summed E-state index contributed by atoms with van der Waals surface area (Å²) in [5.41, 5.74) is 11.9. The van der Waals surface area contributed by atoms with Crippen LogP contribution in [0.15, 0.2) is 188 Å². The maximum Gasteiger partial charge on any atom is 0.0491 e. The Labute approximate surface area is 304 Å². The molecule has 0 N–H and O–H groups in total. The second-order valence-electron chi connectivity index (χ2n) is 13.9. The first kappa shape index (κ1) is 30.4. The van der Waals surface area contributed by atoms with E-state index >= 15 is 0 Å². The van der Waals surface area contributed by atoms with E-state index < -0.39 is 0 Å². The van der Waals surface area contributed by atoms with Gasteiger partial charge < -0.3 is 4.57 Å². The van der Waals surface area contributed by atoms with E-state index in [0.717, 1.165) is 19.4 Å². The van der Waals surface area contributed by atoms with Crippen LogP contribution in [0.2, 0.25) is 0 Å². The summed E-state index contributed by atoms with van der Waals surface area (Å²) in [7, 11) is 0. The summed E-state index contributed by atoms with van der Waals surface area (Å²) in [5, 5.41) is 10.4. The highest BCUT2D eigenvalue weighted by Crippen LogP contribution is 2.43. The van der Waals surface area contributed by atoms with Crippen molar-refractivity contribution in [3.63, 3.8) is 0 Å². The molecular weight excluding hydrogens is 627 g/mol. The van der Waals surface area contributed by atoms with Gasteiger partial charge in [0.25, 0.3) is 0 Å². The fourth-order valence-electron chi connectivity index (χ4n) is 8.64. The van der Waals surface area contributed by atoms with Gasteiger partial charge in [-0.25, -0.2) is 0 Å². The lowest BCUT2D eigenvalue weighted by molar-refractivity contribution is 0.740. The van der Waals surface area contributed by atoms with E-state index in [2.05, 4.69) is 193 Å². The van der Waals surface area contributed by atoms with Crippen molar-refractivity contribution in [1.29, 1.82) is 0 Å². The van der Waals surface area contributed by atoms with Crippen LogP contribution in [0, 0.1) is 0 Å². The van der Waals surface area contributed by atoms with Crippen molar-refractivity contribution in [3.8, 4) is 22.3 Å². The number of hydrogen-bond acceptors (Lipinski definition) is 0. The monoisotopic (exact) mass is 663 g/mol. The van der Waals surface area contributed by atoms with Gasteiger partial charge in [-0.15, -0.1) is 0 Å². The number of hydrogen-bond donors (Lipinski definition) is 0. The third-order valence-electron chi connectivity index (χ3n) is 11.1. The quantitative estimate of drug-likeness (QED) is 0.150. The smallest absolute Gasteiger partial charge is 0.0491 e. The summed E-state index contributed by atoms with van der Waals surface area (Å²) in [6.45, 7) is 0.928. The molecule has 0 saturated heterocycles. The Morgan fingerprint density at radius 2 is 0.923 bits per heavy atom. The number of fused-ring (bicyclic) bond motifs is 6. The molecule has 1 heteroatoms. The number of rotatable bonds is 7. The fraction of sp³-hybridized carbons (Fsp3) is 0.0588. The van der Waals surface area contributed by atoms with Gasteiger partial charge in [0.05, 0.1) is 0 Å². The Bertz CT molecular complexity index is 2820. The third kappa shape index (κ3) is 5.09. The minimum absolute atomic E-state index is 0.873. The molecule has 1 heterocycles. The van der Waals surface area contributed by atoms with Gasteiger partial charge in [-0.3, -0.25) is 0 Å². The van der Waals surface area contributed by atoms with Crippen LogP contribution in [0.4, 0.5) is 0 Å². The molecule has 52 heavy (non-hydrogen) atoms. The highest BCUT2D eigenvalue weighted by molar-refractivity contribution is 6.19. The molecule has 0 aliphatic heterocycles. The van der Waals surface area contributed by atoms with E-state index in [1.165, 1.54) is 93.1 Å². The Balaban J connectivity index is 1.10. The molecule has 9 aromatic carbocycles. The lowest BCUT2D eigenvalue weighted by Gasteiger charge is -2.20. The summed E-state index contributed by atoms with van der Waals surface area (Å²) in [4.78, 5) is 0. The summed E-state index contributed by atoms with van der Waals surface area (Å²) in [6.07, 6.45) is 1.84. The highest BCUT2D eigenvalue weighted by Gasteiger charge is 2.18. The van der Waals surface area contributed by atoms with E-state index in [4.69, 9.17) is 0 Å². The van der Waals surface area contributed by atoms with E-state index in [9.17, 15) is 0 Å². The molecule has 0 radical (unpaired) electrons. The zero-order chi connectivity index (χ0) is 34.4. The van der Waals surface area contributed by atoms with E-state index in [1.54, 1.807) is 0 Å². The Kier molecular flexibility index (Phi) is 7.43. The molecule has 0 unspecified atom stereocenters. The van der Waals surface area contributed by atoms with Crippen LogP contribution in [0.5, 0.6) is 0 Å². The molecule has 0 aliphatic rings. The van der Waals surface area contributed by atoms with Crippen LogP contribution in [0.25, 0.3) is 76.4 Å². The molecule has 0 amide bonds. The topological polar surface area (TPSA) is 4.93 Å². The molecule has 0 spiro atoms. The lowest BCUT2D eigenvalue weighted by Crippen LogP contribution is -2.04. The minimum Gasteiger partial charge on any atom is -0.340 e. The first-order valence-corrected chi connectivity index (χ1v) is 18.4. The first-order chi connectivity index (χ1) is 25.8. The number of aromatic nitrogens is 1. The van der Waals surface area contributed by atoms with Crippen LogP contribution in [0.1, 0.15) is 16.7 Å². The Morgan fingerprint density at radius 1 is 0.365 bits per heavy atom. The van der Waals surface area contributed by atoms with E-state index in [1.807, 2.05) is 0 Å². The summed E-state index contributed by atoms with van der Waals surface area (Å²) >= 11 is 0. The Morgan fingerprint density at radius 3 is 1.60 bits per heavy atom. The van der Waals surface area contributed by atoms with E-state index in [0.29, 0.717) is 0 Å². The second kappa shape index (κ2) is 12.7. The standard InChI is InChI=1S/C51H37N/c1-2-15-35(16-3-1)39-30-29-37-19-14-26-46(47(37)33-39)51-44-24-8-6-20-40(44)48(41-21-7-9-25-45(41)51)34-38-18-5-4-17-36(38)31-32-52-49-27-12-10-22-42(49)43-23-11-13-28-50(43)52/h1-30,33H,31-32,34H2. The predicted octanol–water partition coefficient (Wildman–Crippen LogP) is 13.4. The zero-order valence-corrected chi connectivity index (χ0v) is 29.0. The molecule has 0 bridgehead atoms. The maximum atomic E-state index is 2.51.